The highest BCUT2D eigenvalue weighted by atomic mass is 16.9. The number of hydrogen-bond acceptors (Lipinski definition) is 6. The van der Waals surface area contributed by atoms with Gasteiger partial charge >= 0.3 is 0 Å². The first kappa shape index (κ1) is 20.7. The van der Waals surface area contributed by atoms with E-state index in [9.17, 15) is 20.3 Å². The molecule has 0 unspecified atom stereocenters. The van der Waals surface area contributed by atoms with E-state index in [1.54, 1.807) is 6.07 Å². The summed E-state index contributed by atoms with van der Waals surface area (Å²) in [5.74, 6) is 1.58. The second-order valence-electron chi connectivity index (χ2n) is 9.38. The fourth-order valence-electron chi connectivity index (χ4n) is 4.91. The predicted molar refractivity (Wildman–Crippen MR) is 104 cm³/mol. The van der Waals surface area contributed by atoms with Crippen molar-refractivity contribution in [3.63, 3.8) is 0 Å². The van der Waals surface area contributed by atoms with Crippen molar-refractivity contribution >= 4 is 0 Å². The molecule has 2 N–H and O–H groups in total. The molecule has 2 aliphatic rings. The van der Waals surface area contributed by atoms with Crippen LogP contribution in [0.15, 0.2) is 12.1 Å². The molecule has 1 aromatic carbocycles. The van der Waals surface area contributed by atoms with Crippen LogP contribution < -0.4 is 4.74 Å². The van der Waals surface area contributed by atoms with Crippen molar-refractivity contribution in [2.75, 3.05) is 13.2 Å². The van der Waals surface area contributed by atoms with E-state index in [1.165, 1.54) is 0 Å². The van der Waals surface area contributed by atoms with Crippen molar-refractivity contribution in [1.82, 2.24) is 0 Å². The number of nitrogens with zero attached hydrogens (tertiary/aromatic N) is 1. The third-order valence-corrected chi connectivity index (χ3v) is 6.68. The topological polar surface area (TPSA) is 102 Å². The Hall–Kier alpha value is -2.02. The highest BCUT2D eigenvalue weighted by molar-refractivity contribution is 5.53. The number of aliphatic hydroxyl groups excluding tert-OH is 1. The first-order chi connectivity index (χ1) is 13.0. The van der Waals surface area contributed by atoms with Gasteiger partial charge in [-0.3, -0.25) is 0 Å². The Morgan fingerprint density at radius 1 is 1.36 bits per heavy atom. The number of fused-ring (bicyclic) bond motifs is 3. The lowest BCUT2D eigenvalue weighted by Gasteiger charge is -2.49. The van der Waals surface area contributed by atoms with Crippen LogP contribution in [-0.2, 0) is 10.3 Å². The molecule has 0 radical (unpaired) electrons. The van der Waals surface area contributed by atoms with Crippen LogP contribution in [0.4, 0.5) is 0 Å². The van der Waals surface area contributed by atoms with Crippen LogP contribution in [0.3, 0.4) is 0 Å². The number of phenols is 1. The molecule has 1 aliphatic heterocycles. The quantitative estimate of drug-likeness (QED) is 0.561. The number of ether oxygens (including phenoxy) is 1. The number of rotatable bonds is 6. The Balaban J connectivity index is 1.94. The fraction of sp³-hybridized carbons (Fsp3) is 0.714. The van der Waals surface area contributed by atoms with Crippen molar-refractivity contribution in [2.24, 2.45) is 11.8 Å². The molecule has 1 fully saturated rings. The third-order valence-electron chi connectivity index (χ3n) is 6.68. The minimum absolute atomic E-state index is 0.00687. The maximum absolute atomic E-state index is 10.9. The summed E-state index contributed by atoms with van der Waals surface area (Å²) in [5, 5.41) is 30.2. The molecule has 0 spiro atoms. The Kier molecular flexibility index (Phi) is 5.49. The molecule has 7 heteroatoms. The largest absolute Gasteiger partial charge is 0.508 e. The summed E-state index contributed by atoms with van der Waals surface area (Å²) in [6.07, 6.45) is 3.22. The van der Waals surface area contributed by atoms with Gasteiger partial charge in [-0.2, -0.15) is 0 Å². The van der Waals surface area contributed by atoms with Gasteiger partial charge in [0.15, 0.2) is 0 Å². The summed E-state index contributed by atoms with van der Waals surface area (Å²) in [4.78, 5) is 14.9. The van der Waals surface area contributed by atoms with Gasteiger partial charge in [0, 0.05) is 18.1 Å². The highest BCUT2D eigenvalue weighted by Crippen LogP contribution is 2.56. The number of aromatic hydroxyl groups is 1. The van der Waals surface area contributed by atoms with Gasteiger partial charge in [-0.15, -0.1) is 10.1 Å². The first-order valence-corrected chi connectivity index (χ1v) is 9.99. The van der Waals surface area contributed by atoms with E-state index in [-0.39, 0.29) is 36.4 Å². The predicted octanol–water partition coefficient (Wildman–Crippen LogP) is 3.93. The highest BCUT2D eigenvalue weighted by Gasteiger charge is 2.47. The molecule has 3 atom stereocenters. The molecule has 0 aromatic heterocycles. The van der Waals surface area contributed by atoms with E-state index in [2.05, 4.69) is 18.7 Å². The van der Waals surface area contributed by atoms with E-state index in [4.69, 9.17) is 4.74 Å². The first-order valence-electron chi connectivity index (χ1n) is 9.99. The van der Waals surface area contributed by atoms with Gasteiger partial charge in [0.25, 0.3) is 5.09 Å². The Morgan fingerprint density at radius 2 is 2.07 bits per heavy atom. The van der Waals surface area contributed by atoms with Crippen molar-refractivity contribution in [2.45, 2.75) is 70.3 Å². The van der Waals surface area contributed by atoms with Gasteiger partial charge in [-0.25, -0.2) is 0 Å². The normalized spacial score (nSPS) is 26.0. The van der Waals surface area contributed by atoms with Crippen molar-refractivity contribution in [3.8, 4) is 11.5 Å². The van der Waals surface area contributed by atoms with E-state index in [1.807, 2.05) is 19.9 Å². The van der Waals surface area contributed by atoms with Crippen LogP contribution in [0.5, 0.6) is 11.5 Å². The standard InChI is InChI=1S/C21H31NO6/c1-20(2,7-8-27-22(25)26)14-10-17(24)19-15-9-13(12-23)5-6-16(15)21(3,4)28-18(19)11-14/h10-11,13,15-16,23-24H,5-9,12H2,1-4H3/t13-,15-,16-/m1/s1. The molecular weight excluding hydrogens is 362 g/mol. The molecule has 1 aliphatic carbocycles. The summed E-state index contributed by atoms with van der Waals surface area (Å²) in [6, 6.07) is 3.72. The number of hydrogen-bond donors (Lipinski definition) is 2. The smallest absolute Gasteiger partial charge is 0.294 e. The maximum Gasteiger partial charge on any atom is 0.294 e. The summed E-state index contributed by atoms with van der Waals surface area (Å²) in [6.45, 7) is 8.28. The number of aliphatic hydroxyl groups is 1. The molecule has 0 amide bonds. The van der Waals surface area contributed by atoms with Crippen molar-refractivity contribution < 1.29 is 24.9 Å². The molecular formula is C21H31NO6. The molecule has 0 bridgehead atoms. The van der Waals surface area contributed by atoms with E-state index in [0.717, 1.165) is 30.4 Å². The van der Waals surface area contributed by atoms with Crippen LogP contribution >= 0.6 is 0 Å². The molecule has 3 rings (SSSR count). The lowest BCUT2D eigenvalue weighted by atomic mass is 9.63. The molecule has 156 valence electrons. The number of phenolic OH excluding ortho intramolecular Hbond substituents is 1. The Labute approximate surface area is 165 Å². The van der Waals surface area contributed by atoms with Crippen LogP contribution in [0.1, 0.15) is 70.4 Å². The van der Waals surface area contributed by atoms with Gasteiger partial charge in [0.05, 0.1) is 6.61 Å². The lowest BCUT2D eigenvalue weighted by molar-refractivity contribution is -0.758. The molecule has 28 heavy (non-hydrogen) atoms. The van der Waals surface area contributed by atoms with Crippen LogP contribution in [0.25, 0.3) is 0 Å². The zero-order chi connectivity index (χ0) is 20.7. The van der Waals surface area contributed by atoms with Crippen LogP contribution in [-0.4, -0.2) is 34.1 Å². The maximum atomic E-state index is 10.9. The summed E-state index contributed by atoms with van der Waals surface area (Å²) < 4.78 is 6.36. The Bertz CT molecular complexity index is 745. The SMILES string of the molecule is CC(C)(CCO[N+](=O)[O-])c1cc(O)c2c(c1)OC(C)(C)[C@@H]1CC[C@@H](CO)C[C@@H]21. The number of benzene rings is 1. The lowest BCUT2D eigenvalue weighted by Crippen LogP contribution is -2.47. The zero-order valence-electron chi connectivity index (χ0n) is 17.1. The van der Waals surface area contributed by atoms with Gasteiger partial charge in [0.2, 0.25) is 0 Å². The Morgan fingerprint density at radius 3 is 2.71 bits per heavy atom. The average Bonchev–Trinajstić information content (AvgIpc) is 2.59. The van der Waals surface area contributed by atoms with Crippen LogP contribution in [0.2, 0.25) is 0 Å². The minimum Gasteiger partial charge on any atom is -0.508 e. The molecule has 7 nitrogen and oxygen atoms in total. The second-order valence-corrected chi connectivity index (χ2v) is 9.38. The fourth-order valence-corrected chi connectivity index (χ4v) is 4.91. The second kappa shape index (κ2) is 7.43. The van der Waals surface area contributed by atoms with Gasteiger partial charge < -0.3 is 19.8 Å². The van der Waals surface area contributed by atoms with Crippen LogP contribution in [0, 0.1) is 22.0 Å². The van der Waals surface area contributed by atoms with E-state index >= 15 is 0 Å². The monoisotopic (exact) mass is 393 g/mol. The molecule has 1 heterocycles. The van der Waals surface area contributed by atoms with Crippen molar-refractivity contribution in [1.29, 1.82) is 0 Å². The summed E-state index contributed by atoms with van der Waals surface area (Å²) in [7, 11) is 0. The molecule has 1 saturated carbocycles. The molecule has 0 saturated heterocycles. The van der Waals surface area contributed by atoms with Crippen molar-refractivity contribution in [3.05, 3.63) is 33.4 Å². The average molecular weight is 393 g/mol. The molecule has 1 aromatic rings. The minimum atomic E-state index is -0.785. The van der Waals surface area contributed by atoms with Gasteiger partial charge in [-0.1, -0.05) is 13.8 Å². The van der Waals surface area contributed by atoms with Gasteiger partial charge in [-0.05, 0) is 74.5 Å². The zero-order valence-corrected chi connectivity index (χ0v) is 17.1. The summed E-state index contributed by atoms with van der Waals surface area (Å²) >= 11 is 0. The summed E-state index contributed by atoms with van der Waals surface area (Å²) in [5.41, 5.74) is 0.915. The third kappa shape index (κ3) is 3.90. The van der Waals surface area contributed by atoms with Gasteiger partial charge in [0.1, 0.15) is 17.1 Å². The van der Waals surface area contributed by atoms with E-state index < -0.39 is 10.5 Å². The van der Waals surface area contributed by atoms with E-state index in [0.29, 0.717) is 18.1 Å².